The number of hydrogen-bond donors (Lipinski definition) is 2. The zero-order valence-electron chi connectivity index (χ0n) is 13.7. The van der Waals surface area contributed by atoms with Crippen molar-refractivity contribution in [2.45, 2.75) is 18.7 Å². The van der Waals surface area contributed by atoms with E-state index in [9.17, 15) is 13.2 Å². The van der Waals surface area contributed by atoms with Gasteiger partial charge in [-0.1, -0.05) is 30.3 Å². The summed E-state index contributed by atoms with van der Waals surface area (Å²) in [4.78, 5) is 0. The largest absolute Gasteiger partial charge is 0.496 e. The van der Waals surface area contributed by atoms with E-state index in [1.54, 1.807) is 0 Å². The van der Waals surface area contributed by atoms with Crippen LogP contribution in [0.15, 0.2) is 48.2 Å². The van der Waals surface area contributed by atoms with Gasteiger partial charge < -0.3 is 9.47 Å². The Balaban J connectivity index is 2.04. The first-order valence-corrected chi connectivity index (χ1v) is 7.67. The maximum atomic E-state index is 13.2. The summed E-state index contributed by atoms with van der Waals surface area (Å²) in [7, 11) is 1.45. The lowest BCUT2D eigenvalue weighted by Gasteiger charge is -2.30. The second-order valence-electron chi connectivity index (χ2n) is 5.76. The zero-order valence-corrected chi connectivity index (χ0v) is 13.7. The van der Waals surface area contributed by atoms with E-state index in [4.69, 9.17) is 19.9 Å². The molecule has 1 aliphatic rings. The molecule has 138 valence electrons. The summed E-state index contributed by atoms with van der Waals surface area (Å²) in [5.74, 6) is 0.448. The van der Waals surface area contributed by atoms with Gasteiger partial charge in [0.25, 0.3) is 0 Å². The summed E-state index contributed by atoms with van der Waals surface area (Å²) in [6.45, 7) is 0. The van der Waals surface area contributed by atoms with Crippen molar-refractivity contribution in [3.05, 3.63) is 64.9 Å². The van der Waals surface area contributed by atoms with Crippen molar-refractivity contribution in [1.82, 2.24) is 5.23 Å². The molecule has 0 fully saturated rings. The minimum Gasteiger partial charge on any atom is -0.496 e. The monoisotopic (exact) mass is 367 g/mol. The number of fused-ring (bicyclic) bond motifs is 1. The first-order valence-electron chi connectivity index (χ1n) is 7.67. The van der Waals surface area contributed by atoms with Crippen LogP contribution in [0.1, 0.15) is 16.7 Å². The number of hydrogen-bond acceptors (Lipinski definition) is 5. The van der Waals surface area contributed by atoms with Crippen LogP contribution in [-0.4, -0.2) is 35.0 Å². The molecule has 0 radical (unpaired) electrons. The Hall–Kier alpha value is -2.71. The minimum atomic E-state index is -4.81. The van der Waals surface area contributed by atoms with Crippen LogP contribution in [0, 0.1) is 0 Å². The van der Waals surface area contributed by atoms with Gasteiger partial charge in [-0.05, 0) is 23.8 Å². The van der Waals surface area contributed by atoms with Gasteiger partial charge in [-0.3, -0.25) is 10.4 Å². The fourth-order valence-corrected chi connectivity index (χ4v) is 2.80. The number of alkyl halides is 3. The fourth-order valence-electron chi connectivity index (χ4n) is 2.80. The molecule has 2 aromatic carbocycles. The van der Waals surface area contributed by atoms with Crippen LogP contribution in [-0.2, 0) is 6.42 Å². The Morgan fingerprint density at radius 3 is 2.42 bits per heavy atom. The highest BCUT2D eigenvalue weighted by molar-refractivity contribution is 5.66. The average Bonchev–Trinajstić information content (AvgIpc) is 2.60. The zero-order chi connectivity index (χ0) is 18.9. The smallest absolute Gasteiger partial charge is 0.431 e. The first kappa shape index (κ1) is 18.1. The second kappa shape index (κ2) is 6.89. The lowest BCUT2D eigenvalue weighted by atomic mass is 9.99. The van der Waals surface area contributed by atoms with Crippen molar-refractivity contribution in [1.29, 1.82) is 0 Å². The molecule has 1 aliphatic heterocycles. The first-order chi connectivity index (χ1) is 12.3. The topological polar surface area (TPSA) is 62.2 Å². The quantitative estimate of drug-likeness (QED) is 0.799. The maximum Gasteiger partial charge on any atom is 0.431 e. The summed E-state index contributed by atoms with van der Waals surface area (Å²) in [6, 6.07) is 12.4. The highest BCUT2D eigenvalue weighted by atomic mass is 19.4. The molecule has 1 atom stereocenters. The predicted octanol–water partition coefficient (Wildman–Crippen LogP) is 4.03. The predicted molar refractivity (Wildman–Crippen MR) is 86.1 cm³/mol. The van der Waals surface area contributed by atoms with Crippen LogP contribution in [0.3, 0.4) is 0 Å². The lowest BCUT2D eigenvalue weighted by Crippen LogP contribution is -2.42. The summed E-state index contributed by atoms with van der Waals surface area (Å²) in [5.41, 5.74) is 1.03. The molecule has 0 amide bonds. The van der Waals surface area contributed by atoms with Crippen LogP contribution in [0.5, 0.6) is 11.5 Å². The Bertz CT molecular complexity index is 819. The van der Waals surface area contributed by atoms with Crippen molar-refractivity contribution in [3.63, 3.8) is 0 Å². The molecule has 26 heavy (non-hydrogen) atoms. The number of rotatable bonds is 4. The molecular weight excluding hydrogens is 351 g/mol. The molecule has 0 spiro atoms. The molecule has 8 heteroatoms. The normalized spacial score (nSPS) is 16.4. The van der Waals surface area contributed by atoms with Crippen molar-refractivity contribution in [2.75, 3.05) is 7.11 Å². The van der Waals surface area contributed by atoms with Crippen molar-refractivity contribution < 1.29 is 33.1 Å². The van der Waals surface area contributed by atoms with Gasteiger partial charge in [0.2, 0.25) is 6.10 Å². The third-order valence-electron chi connectivity index (χ3n) is 4.00. The van der Waals surface area contributed by atoms with Crippen molar-refractivity contribution >= 4 is 6.08 Å². The van der Waals surface area contributed by atoms with Gasteiger partial charge in [-0.2, -0.15) is 13.2 Å². The molecule has 3 rings (SSSR count). The van der Waals surface area contributed by atoms with E-state index in [0.717, 1.165) is 11.6 Å². The second-order valence-corrected chi connectivity index (χ2v) is 5.76. The lowest BCUT2D eigenvalue weighted by molar-refractivity contribution is -0.300. The van der Waals surface area contributed by atoms with E-state index in [1.807, 2.05) is 30.3 Å². The summed E-state index contributed by atoms with van der Waals surface area (Å²) in [6.07, 6.45) is -5.85. The van der Waals surface area contributed by atoms with Gasteiger partial charge in [0, 0.05) is 17.5 Å². The minimum absolute atomic E-state index is 0.00958. The molecule has 0 bridgehead atoms. The van der Waals surface area contributed by atoms with Gasteiger partial charge in [0.05, 0.1) is 7.11 Å². The van der Waals surface area contributed by atoms with Crippen LogP contribution in [0.2, 0.25) is 0 Å². The van der Waals surface area contributed by atoms with E-state index in [0.29, 0.717) is 17.7 Å². The van der Waals surface area contributed by atoms with Gasteiger partial charge >= 0.3 is 6.18 Å². The van der Waals surface area contributed by atoms with Gasteiger partial charge in [-0.25, -0.2) is 0 Å². The van der Waals surface area contributed by atoms with Crippen LogP contribution < -0.4 is 9.47 Å². The Labute approximate surface area is 147 Å². The van der Waals surface area contributed by atoms with Gasteiger partial charge in [0.1, 0.15) is 17.2 Å². The molecule has 0 saturated heterocycles. The molecule has 2 aromatic rings. The average molecular weight is 367 g/mol. The molecule has 1 heterocycles. The highest BCUT2D eigenvalue weighted by Gasteiger charge is 2.48. The van der Waals surface area contributed by atoms with Gasteiger partial charge in [-0.15, -0.1) is 5.23 Å². The molecule has 2 N–H and O–H groups in total. The number of benzene rings is 2. The summed E-state index contributed by atoms with van der Waals surface area (Å²) in [5, 5.41) is 17.7. The Morgan fingerprint density at radius 1 is 1.15 bits per heavy atom. The van der Waals surface area contributed by atoms with Crippen molar-refractivity contribution in [2.24, 2.45) is 0 Å². The number of ether oxygens (including phenoxy) is 2. The van der Waals surface area contributed by atoms with E-state index in [2.05, 4.69) is 0 Å². The maximum absolute atomic E-state index is 13.2. The summed E-state index contributed by atoms with van der Waals surface area (Å²) >= 11 is 0. The Kier molecular flexibility index (Phi) is 4.80. The standard InChI is InChI=1S/C18H16F3NO4/c1-25-15-9-13-8-14(22(23)24)17(18(19,20)21)26-16(13)10-12(15)7-11-5-3-2-4-6-11/h2-6,8-10,17,23-24H,7H2,1H3. The van der Waals surface area contributed by atoms with E-state index < -0.39 is 23.2 Å². The fraction of sp³-hybridized carbons (Fsp3) is 0.222. The number of methoxy groups -OCH3 is 1. The third-order valence-corrected chi connectivity index (χ3v) is 4.00. The number of nitrogens with zero attached hydrogens (tertiary/aromatic N) is 1. The summed E-state index contributed by atoms with van der Waals surface area (Å²) < 4.78 is 50.0. The molecule has 1 unspecified atom stereocenters. The van der Waals surface area contributed by atoms with Crippen LogP contribution >= 0.6 is 0 Å². The van der Waals surface area contributed by atoms with Crippen LogP contribution in [0.25, 0.3) is 6.08 Å². The molecular formula is C18H16F3NO4. The van der Waals surface area contributed by atoms with E-state index >= 15 is 0 Å². The molecule has 0 aromatic heterocycles. The SMILES string of the molecule is COc1cc2c(cc1Cc1ccccc1)OC(C(F)(F)F)C(N(O)O)=C2. The van der Waals surface area contributed by atoms with Crippen molar-refractivity contribution in [3.8, 4) is 11.5 Å². The number of halogens is 3. The number of hydroxylamine groups is 2. The third kappa shape index (κ3) is 3.61. The van der Waals surface area contributed by atoms with Crippen LogP contribution in [0.4, 0.5) is 13.2 Å². The highest BCUT2D eigenvalue weighted by Crippen LogP contribution is 2.40. The Morgan fingerprint density at radius 2 is 1.85 bits per heavy atom. The van der Waals surface area contributed by atoms with E-state index in [-0.39, 0.29) is 11.3 Å². The van der Waals surface area contributed by atoms with E-state index in [1.165, 1.54) is 19.2 Å². The molecule has 0 aliphatic carbocycles. The van der Waals surface area contributed by atoms with Gasteiger partial charge in [0.15, 0.2) is 0 Å². The molecule has 5 nitrogen and oxygen atoms in total. The molecule has 0 saturated carbocycles.